The number of benzene rings is 1. The van der Waals surface area contributed by atoms with E-state index in [-0.39, 0.29) is 30.7 Å². The van der Waals surface area contributed by atoms with Gasteiger partial charge in [-0.3, -0.25) is 14.4 Å². The Labute approximate surface area is 148 Å². The van der Waals surface area contributed by atoms with Crippen molar-refractivity contribution >= 4 is 17.8 Å². The first-order valence-corrected chi connectivity index (χ1v) is 8.81. The van der Waals surface area contributed by atoms with Crippen LogP contribution in [0, 0.1) is 5.92 Å². The SMILES string of the molecule is CN(CCC(=O)O)C(=O)c1ccc(CNC(=O)C2CCCCC2)cc1. The van der Waals surface area contributed by atoms with Crippen LogP contribution in [0.15, 0.2) is 24.3 Å². The molecule has 1 aromatic rings. The van der Waals surface area contributed by atoms with Gasteiger partial charge in [-0.1, -0.05) is 31.4 Å². The molecule has 0 bridgehead atoms. The minimum Gasteiger partial charge on any atom is -0.481 e. The number of rotatable bonds is 7. The summed E-state index contributed by atoms with van der Waals surface area (Å²) in [6.45, 7) is 0.631. The molecule has 0 saturated heterocycles. The number of hydrogen-bond donors (Lipinski definition) is 2. The van der Waals surface area contributed by atoms with Crippen LogP contribution in [-0.4, -0.2) is 41.4 Å². The van der Waals surface area contributed by atoms with Crippen LogP contribution in [0.5, 0.6) is 0 Å². The normalized spacial score (nSPS) is 14.8. The molecule has 0 unspecified atom stereocenters. The largest absolute Gasteiger partial charge is 0.481 e. The first-order chi connectivity index (χ1) is 12.0. The first-order valence-electron chi connectivity index (χ1n) is 8.81. The Kier molecular flexibility index (Phi) is 6.98. The van der Waals surface area contributed by atoms with E-state index in [2.05, 4.69) is 5.32 Å². The Hall–Kier alpha value is -2.37. The molecule has 1 aliphatic rings. The Morgan fingerprint density at radius 3 is 2.36 bits per heavy atom. The standard InChI is InChI=1S/C19H26N2O4/c1-21(12-11-17(22)23)19(25)16-9-7-14(8-10-16)13-20-18(24)15-5-3-2-4-6-15/h7-10,15H,2-6,11-13H2,1H3,(H,20,24)(H,22,23). The average Bonchev–Trinajstić information content (AvgIpc) is 2.64. The third-order valence-electron chi connectivity index (χ3n) is 4.65. The number of carbonyl (C=O) groups is 3. The Balaban J connectivity index is 1.83. The molecule has 1 aromatic carbocycles. The highest BCUT2D eigenvalue weighted by molar-refractivity contribution is 5.94. The van der Waals surface area contributed by atoms with Crippen molar-refractivity contribution in [1.82, 2.24) is 10.2 Å². The van der Waals surface area contributed by atoms with Crippen LogP contribution in [0.1, 0.15) is 54.4 Å². The zero-order valence-electron chi connectivity index (χ0n) is 14.7. The number of carboxylic acids is 1. The van der Waals surface area contributed by atoms with Crippen LogP contribution in [0.2, 0.25) is 0 Å². The van der Waals surface area contributed by atoms with Crippen LogP contribution in [-0.2, 0) is 16.1 Å². The Bertz CT molecular complexity index is 606. The lowest BCUT2D eigenvalue weighted by molar-refractivity contribution is -0.137. The molecule has 2 amide bonds. The van der Waals surface area contributed by atoms with Gasteiger partial charge in [0, 0.05) is 31.6 Å². The summed E-state index contributed by atoms with van der Waals surface area (Å²) < 4.78 is 0. The van der Waals surface area contributed by atoms with E-state index >= 15 is 0 Å². The zero-order valence-corrected chi connectivity index (χ0v) is 14.7. The highest BCUT2D eigenvalue weighted by Crippen LogP contribution is 2.23. The van der Waals surface area contributed by atoms with Crippen molar-refractivity contribution in [3.63, 3.8) is 0 Å². The van der Waals surface area contributed by atoms with Gasteiger partial charge in [0.1, 0.15) is 0 Å². The van der Waals surface area contributed by atoms with Crippen molar-refractivity contribution in [2.75, 3.05) is 13.6 Å². The number of carboxylic acid groups (broad SMARTS) is 1. The van der Waals surface area contributed by atoms with Gasteiger partial charge >= 0.3 is 5.97 Å². The molecule has 6 nitrogen and oxygen atoms in total. The summed E-state index contributed by atoms with van der Waals surface area (Å²) in [4.78, 5) is 36.3. The molecule has 0 aromatic heterocycles. The summed E-state index contributed by atoms with van der Waals surface area (Å²) in [5.41, 5.74) is 1.45. The molecule has 1 aliphatic carbocycles. The second kappa shape index (κ2) is 9.20. The maximum absolute atomic E-state index is 12.2. The summed E-state index contributed by atoms with van der Waals surface area (Å²) in [5, 5.41) is 11.6. The maximum Gasteiger partial charge on any atom is 0.305 e. The molecule has 0 atom stereocenters. The second-order valence-corrected chi connectivity index (χ2v) is 6.62. The summed E-state index contributed by atoms with van der Waals surface area (Å²) in [5.74, 6) is -0.881. The lowest BCUT2D eigenvalue weighted by atomic mass is 9.88. The average molecular weight is 346 g/mol. The molecule has 0 radical (unpaired) electrons. The van der Waals surface area contributed by atoms with E-state index in [0.29, 0.717) is 12.1 Å². The van der Waals surface area contributed by atoms with Gasteiger partial charge in [-0.2, -0.15) is 0 Å². The molecule has 2 rings (SSSR count). The first kappa shape index (κ1) is 19.0. The highest BCUT2D eigenvalue weighted by Gasteiger charge is 2.20. The van der Waals surface area contributed by atoms with E-state index in [0.717, 1.165) is 31.2 Å². The second-order valence-electron chi connectivity index (χ2n) is 6.62. The Morgan fingerprint density at radius 2 is 1.76 bits per heavy atom. The Morgan fingerprint density at radius 1 is 1.12 bits per heavy atom. The monoisotopic (exact) mass is 346 g/mol. The molecule has 6 heteroatoms. The molecule has 2 N–H and O–H groups in total. The van der Waals surface area contributed by atoms with E-state index in [1.54, 1.807) is 19.2 Å². The van der Waals surface area contributed by atoms with Crippen molar-refractivity contribution in [3.8, 4) is 0 Å². The van der Waals surface area contributed by atoms with Crippen molar-refractivity contribution < 1.29 is 19.5 Å². The van der Waals surface area contributed by atoms with Gasteiger partial charge in [-0.25, -0.2) is 0 Å². The quantitative estimate of drug-likeness (QED) is 0.794. The van der Waals surface area contributed by atoms with Gasteiger partial charge < -0.3 is 15.3 Å². The summed E-state index contributed by atoms with van der Waals surface area (Å²) in [6, 6.07) is 7.06. The summed E-state index contributed by atoms with van der Waals surface area (Å²) in [6.07, 6.45) is 5.35. The fourth-order valence-corrected chi connectivity index (χ4v) is 3.05. The topological polar surface area (TPSA) is 86.7 Å². The molecule has 1 saturated carbocycles. The molecular formula is C19H26N2O4. The zero-order chi connectivity index (χ0) is 18.2. The minimum atomic E-state index is -0.927. The third kappa shape index (κ3) is 5.89. The number of amides is 2. The van der Waals surface area contributed by atoms with Gasteiger partial charge in [0.2, 0.25) is 5.91 Å². The maximum atomic E-state index is 12.2. The molecule has 0 heterocycles. The molecular weight excluding hydrogens is 320 g/mol. The molecule has 0 spiro atoms. The van der Waals surface area contributed by atoms with Gasteiger partial charge in [0.05, 0.1) is 6.42 Å². The van der Waals surface area contributed by atoms with Gasteiger partial charge in [0.25, 0.3) is 5.91 Å². The molecule has 25 heavy (non-hydrogen) atoms. The lowest BCUT2D eigenvalue weighted by Gasteiger charge is -2.20. The van der Waals surface area contributed by atoms with E-state index in [9.17, 15) is 14.4 Å². The fraction of sp³-hybridized carbons (Fsp3) is 0.526. The van der Waals surface area contributed by atoms with Crippen molar-refractivity contribution in [1.29, 1.82) is 0 Å². The number of carbonyl (C=O) groups excluding carboxylic acids is 2. The number of hydrogen-bond acceptors (Lipinski definition) is 3. The van der Waals surface area contributed by atoms with E-state index in [1.807, 2.05) is 12.1 Å². The molecule has 136 valence electrons. The van der Waals surface area contributed by atoms with Crippen LogP contribution >= 0.6 is 0 Å². The van der Waals surface area contributed by atoms with E-state index in [1.165, 1.54) is 11.3 Å². The van der Waals surface area contributed by atoms with Crippen molar-refractivity contribution in [2.24, 2.45) is 5.92 Å². The predicted octanol–water partition coefficient (Wildman–Crippen LogP) is 2.43. The van der Waals surface area contributed by atoms with Crippen LogP contribution in [0.4, 0.5) is 0 Å². The van der Waals surface area contributed by atoms with E-state index < -0.39 is 5.97 Å². The smallest absolute Gasteiger partial charge is 0.305 e. The fourth-order valence-electron chi connectivity index (χ4n) is 3.05. The lowest BCUT2D eigenvalue weighted by Crippen LogP contribution is -2.31. The van der Waals surface area contributed by atoms with Crippen molar-refractivity contribution in [2.45, 2.75) is 45.1 Å². The van der Waals surface area contributed by atoms with Gasteiger partial charge in [-0.05, 0) is 30.5 Å². The third-order valence-corrected chi connectivity index (χ3v) is 4.65. The molecule has 0 aliphatic heterocycles. The number of aliphatic carboxylic acids is 1. The van der Waals surface area contributed by atoms with Gasteiger partial charge in [-0.15, -0.1) is 0 Å². The number of nitrogens with one attached hydrogen (secondary N) is 1. The summed E-state index contributed by atoms with van der Waals surface area (Å²) >= 11 is 0. The van der Waals surface area contributed by atoms with Crippen LogP contribution in [0.3, 0.4) is 0 Å². The molecule has 1 fully saturated rings. The van der Waals surface area contributed by atoms with Gasteiger partial charge in [0.15, 0.2) is 0 Å². The minimum absolute atomic E-state index is 0.0759. The number of nitrogens with zero attached hydrogens (tertiary/aromatic N) is 1. The summed E-state index contributed by atoms with van der Waals surface area (Å²) in [7, 11) is 1.59. The van der Waals surface area contributed by atoms with E-state index in [4.69, 9.17) is 5.11 Å². The predicted molar refractivity (Wildman–Crippen MR) is 94.1 cm³/mol. The highest BCUT2D eigenvalue weighted by atomic mass is 16.4. The van der Waals surface area contributed by atoms with Crippen LogP contribution < -0.4 is 5.32 Å². The van der Waals surface area contributed by atoms with Crippen LogP contribution in [0.25, 0.3) is 0 Å². The van der Waals surface area contributed by atoms with Crippen molar-refractivity contribution in [3.05, 3.63) is 35.4 Å².